The van der Waals surface area contributed by atoms with Crippen LogP contribution in [-0.4, -0.2) is 29.6 Å². The third kappa shape index (κ3) is 3.27. The van der Waals surface area contributed by atoms with Gasteiger partial charge < -0.3 is 9.64 Å². The van der Waals surface area contributed by atoms with Gasteiger partial charge in [0.05, 0.1) is 11.6 Å². The van der Waals surface area contributed by atoms with Gasteiger partial charge in [0.15, 0.2) is 0 Å². The second-order valence-electron chi connectivity index (χ2n) is 8.26. The summed E-state index contributed by atoms with van der Waals surface area (Å²) in [5.41, 5.74) is 4.27. The van der Waals surface area contributed by atoms with Gasteiger partial charge >= 0.3 is 12.1 Å². The van der Waals surface area contributed by atoms with Crippen molar-refractivity contribution in [3.8, 4) is 17.6 Å². The van der Waals surface area contributed by atoms with E-state index >= 15 is 0 Å². The second-order valence-corrected chi connectivity index (χ2v) is 8.26. The smallest absolute Gasteiger partial charge is 0.456 e. The van der Waals surface area contributed by atoms with Crippen molar-refractivity contribution >= 4 is 11.5 Å². The Morgan fingerprint density at radius 2 is 1.87 bits per heavy atom. The molecule has 3 heterocycles. The van der Waals surface area contributed by atoms with Crippen molar-refractivity contribution in [2.45, 2.75) is 37.9 Å². The van der Waals surface area contributed by atoms with E-state index in [4.69, 9.17) is 4.74 Å². The van der Waals surface area contributed by atoms with E-state index in [9.17, 15) is 23.2 Å². The van der Waals surface area contributed by atoms with Crippen LogP contribution in [-0.2, 0) is 4.79 Å². The Morgan fingerprint density at radius 1 is 1.10 bits per heavy atom. The highest BCUT2D eigenvalue weighted by Crippen LogP contribution is 2.50. The Balaban J connectivity index is 1.66. The third-order valence-corrected chi connectivity index (χ3v) is 6.48. The van der Waals surface area contributed by atoms with Crippen molar-refractivity contribution in [3.05, 3.63) is 64.7 Å². The molecule has 2 aromatic rings. The van der Waals surface area contributed by atoms with E-state index in [1.165, 1.54) is 0 Å². The second kappa shape index (κ2) is 7.16. The molecule has 158 valence electrons. The number of carbonyl (C=O) groups is 1. The fourth-order valence-electron chi connectivity index (χ4n) is 5.12. The van der Waals surface area contributed by atoms with E-state index in [0.717, 1.165) is 40.0 Å². The lowest BCUT2D eigenvalue weighted by Crippen LogP contribution is -2.51. The van der Waals surface area contributed by atoms with Gasteiger partial charge in [-0.05, 0) is 55.0 Å². The number of carbonyl (C=O) groups excluding carboxylic acids is 1. The topological polar surface area (TPSA) is 53.3 Å². The first kappa shape index (κ1) is 19.7. The number of fused-ring (bicyclic) bond motifs is 6. The summed E-state index contributed by atoms with van der Waals surface area (Å²) in [5.74, 6) is -0.644. The quantitative estimate of drug-likeness (QED) is 0.484. The van der Waals surface area contributed by atoms with E-state index in [2.05, 4.69) is 6.07 Å². The highest BCUT2D eigenvalue weighted by atomic mass is 19.4. The fourth-order valence-corrected chi connectivity index (χ4v) is 5.12. The number of alkyl halides is 3. The first-order chi connectivity index (χ1) is 14.9. The monoisotopic (exact) mass is 424 g/mol. The molecule has 7 heteroatoms. The van der Waals surface area contributed by atoms with Gasteiger partial charge in [0.1, 0.15) is 11.5 Å². The minimum Gasteiger partial charge on any atom is -0.456 e. The molecule has 2 unspecified atom stereocenters. The van der Waals surface area contributed by atoms with E-state index < -0.39 is 18.1 Å². The molecular weight excluding hydrogens is 405 g/mol. The van der Waals surface area contributed by atoms with Crippen molar-refractivity contribution in [1.82, 2.24) is 4.90 Å². The first-order valence-corrected chi connectivity index (χ1v) is 10.3. The molecule has 1 saturated carbocycles. The third-order valence-electron chi connectivity index (χ3n) is 6.48. The molecule has 4 aliphatic rings. The number of halogens is 3. The molecule has 2 saturated heterocycles. The van der Waals surface area contributed by atoms with Crippen molar-refractivity contribution in [3.63, 3.8) is 0 Å². The highest BCUT2D eigenvalue weighted by molar-refractivity contribution is 5.91. The molecular formula is C24H19F3N2O2. The van der Waals surface area contributed by atoms with E-state index in [1.54, 1.807) is 12.1 Å². The lowest BCUT2D eigenvalue weighted by molar-refractivity contribution is -0.188. The molecule has 1 amide bonds. The molecule has 2 aromatic carbocycles. The van der Waals surface area contributed by atoms with Crippen molar-refractivity contribution in [1.29, 1.82) is 5.26 Å². The molecule has 3 aliphatic heterocycles. The van der Waals surface area contributed by atoms with Crippen LogP contribution >= 0.6 is 0 Å². The Hall–Kier alpha value is -3.27. The molecule has 31 heavy (non-hydrogen) atoms. The Morgan fingerprint density at radius 3 is 2.65 bits per heavy atom. The minimum atomic E-state index is -4.86. The normalized spacial score (nSPS) is 24.5. The molecule has 0 aromatic heterocycles. The zero-order valence-corrected chi connectivity index (χ0v) is 16.6. The summed E-state index contributed by atoms with van der Waals surface area (Å²) in [6.45, 7) is 0.0798. The summed E-state index contributed by atoms with van der Waals surface area (Å²) in [7, 11) is 0. The van der Waals surface area contributed by atoms with Gasteiger partial charge in [-0.2, -0.15) is 18.4 Å². The number of rotatable bonds is 0. The van der Waals surface area contributed by atoms with Crippen LogP contribution in [0.15, 0.2) is 48.0 Å². The Kier molecular flexibility index (Phi) is 4.54. The minimum absolute atomic E-state index is 0.0798. The Bertz CT molecular complexity index is 1150. The van der Waals surface area contributed by atoms with Crippen LogP contribution in [0.1, 0.15) is 42.4 Å². The fraction of sp³-hybridized carbons (Fsp3) is 0.333. The van der Waals surface area contributed by atoms with Crippen LogP contribution in [0.3, 0.4) is 0 Å². The number of nitriles is 1. The maximum atomic E-state index is 13.2. The van der Waals surface area contributed by atoms with Gasteiger partial charge in [0.25, 0.3) is 0 Å². The summed E-state index contributed by atoms with van der Waals surface area (Å²) in [4.78, 5) is 13.1. The first-order valence-electron chi connectivity index (χ1n) is 10.3. The number of hydrogen-bond acceptors (Lipinski definition) is 3. The van der Waals surface area contributed by atoms with Crippen LogP contribution in [0.5, 0.6) is 11.5 Å². The highest BCUT2D eigenvalue weighted by Gasteiger charge is 2.48. The van der Waals surface area contributed by atoms with Crippen molar-refractivity contribution in [2.24, 2.45) is 5.92 Å². The number of para-hydroxylation sites is 1. The van der Waals surface area contributed by atoms with Crippen LogP contribution in [0, 0.1) is 17.2 Å². The number of hydrogen-bond donors (Lipinski definition) is 0. The average molecular weight is 424 g/mol. The molecule has 3 fully saturated rings. The number of amides is 1. The zero-order valence-electron chi connectivity index (χ0n) is 16.6. The van der Waals surface area contributed by atoms with Gasteiger partial charge in [-0.15, -0.1) is 0 Å². The van der Waals surface area contributed by atoms with Crippen LogP contribution in [0.4, 0.5) is 13.2 Å². The molecule has 2 atom stereocenters. The molecule has 1 aliphatic carbocycles. The SMILES string of the molecule is N#Cc1ccc2c(c1)Oc1ccccc1/C2=C1/CC2CCCC1CN2C(=O)C(F)(F)F. The Labute approximate surface area is 177 Å². The predicted molar refractivity (Wildman–Crippen MR) is 107 cm³/mol. The summed E-state index contributed by atoms with van der Waals surface area (Å²) in [6.07, 6.45) is -2.36. The molecule has 2 bridgehead atoms. The molecule has 0 N–H and O–H groups in total. The number of benzene rings is 2. The van der Waals surface area contributed by atoms with Gasteiger partial charge in [-0.25, -0.2) is 0 Å². The summed E-state index contributed by atoms with van der Waals surface area (Å²) < 4.78 is 45.5. The summed E-state index contributed by atoms with van der Waals surface area (Å²) in [6, 6.07) is 14.5. The van der Waals surface area contributed by atoms with Crippen molar-refractivity contribution in [2.75, 3.05) is 6.54 Å². The largest absolute Gasteiger partial charge is 0.471 e. The maximum absolute atomic E-state index is 13.2. The van der Waals surface area contributed by atoms with Crippen LogP contribution < -0.4 is 4.74 Å². The summed E-state index contributed by atoms with van der Waals surface area (Å²) in [5, 5.41) is 9.27. The van der Waals surface area contributed by atoms with E-state index in [0.29, 0.717) is 29.9 Å². The molecule has 6 rings (SSSR count). The average Bonchev–Trinajstić information content (AvgIpc) is 3.09. The van der Waals surface area contributed by atoms with Gasteiger partial charge in [0.2, 0.25) is 0 Å². The maximum Gasteiger partial charge on any atom is 0.471 e. The van der Waals surface area contributed by atoms with Crippen LogP contribution in [0.2, 0.25) is 0 Å². The van der Waals surface area contributed by atoms with Crippen LogP contribution in [0.25, 0.3) is 5.57 Å². The predicted octanol–water partition coefficient (Wildman–Crippen LogP) is 5.43. The lowest BCUT2D eigenvalue weighted by atomic mass is 9.79. The molecule has 0 radical (unpaired) electrons. The molecule has 4 nitrogen and oxygen atoms in total. The van der Waals surface area contributed by atoms with Gasteiger partial charge in [0, 0.05) is 23.7 Å². The number of nitrogens with zero attached hydrogens (tertiary/aromatic N) is 2. The number of piperidine rings is 1. The lowest BCUT2D eigenvalue weighted by Gasteiger charge is -2.40. The van der Waals surface area contributed by atoms with E-state index in [-0.39, 0.29) is 12.5 Å². The van der Waals surface area contributed by atoms with Gasteiger partial charge in [-0.1, -0.05) is 30.2 Å². The molecule has 0 spiro atoms. The zero-order chi connectivity index (χ0) is 21.8. The summed E-state index contributed by atoms with van der Waals surface area (Å²) >= 11 is 0. The van der Waals surface area contributed by atoms with Gasteiger partial charge in [-0.3, -0.25) is 4.79 Å². The van der Waals surface area contributed by atoms with Crippen molar-refractivity contribution < 1.29 is 22.7 Å². The number of ether oxygens (including phenoxy) is 1. The standard InChI is InChI=1S/C24H19F3N2O2/c25-24(26,27)23(30)29-13-15-4-3-5-16(29)11-19(15)22-17-6-1-2-7-20(17)31-21-10-14(12-28)8-9-18(21)22/h1-2,6-10,15-16H,3-5,11,13H2/b22-19+. The van der Waals surface area contributed by atoms with E-state index in [1.807, 2.05) is 30.3 Å².